The normalized spacial score (nSPS) is 12.1. The third-order valence-corrected chi connectivity index (χ3v) is 9.36. The Kier molecular flexibility index (Phi) is 6.75. The number of aromatic nitrogens is 3. The summed E-state index contributed by atoms with van der Waals surface area (Å²) in [5.41, 5.74) is 12.1. The SMILES string of the molecule is Cc1ccc2c(n1)oc1c(-c3nc4ccccc4n3Cc3c(C(C)C)cc(-c4ccc5ccccc5c4)cc3C(C)C)cccc12. The highest BCUT2D eigenvalue weighted by Gasteiger charge is 2.23. The van der Waals surface area contributed by atoms with Crippen LogP contribution in [-0.4, -0.2) is 14.5 Å². The van der Waals surface area contributed by atoms with Crippen LogP contribution in [0.2, 0.25) is 0 Å². The number of hydrogen-bond acceptors (Lipinski definition) is 3. The molecule has 0 aliphatic heterocycles. The van der Waals surface area contributed by atoms with Gasteiger partial charge in [0, 0.05) is 16.5 Å². The molecule has 8 aromatic rings. The Morgan fingerprint density at radius 3 is 2.17 bits per heavy atom. The predicted octanol–water partition coefficient (Wildman–Crippen LogP) is 11.4. The molecule has 3 heterocycles. The van der Waals surface area contributed by atoms with Crippen LogP contribution < -0.4 is 0 Å². The molecule has 0 fully saturated rings. The minimum absolute atomic E-state index is 0.347. The van der Waals surface area contributed by atoms with Crippen LogP contribution in [0.3, 0.4) is 0 Å². The van der Waals surface area contributed by atoms with Gasteiger partial charge in [-0.15, -0.1) is 0 Å². The topological polar surface area (TPSA) is 43.9 Å². The molecule has 0 aliphatic rings. The van der Waals surface area contributed by atoms with Gasteiger partial charge in [-0.05, 0) is 93.7 Å². The van der Waals surface area contributed by atoms with Gasteiger partial charge in [-0.2, -0.15) is 0 Å². The molecule has 0 unspecified atom stereocenters. The second-order valence-electron chi connectivity index (χ2n) is 13.1. The number of furan rings is 1. The summed E-state index contributed by atoms with van der Waals surface area (Å²) in [6, 6.07) is 39.2. The molecule has 0 saturated heterocycles. The van der Waals surface area contributed by atoms with E-state index in [9.17, 15) is 0 Å². The Bertz CT molecular complexity index is 2400. The van der Waals surface area contributed by atoms with Gasteiger partial charge in [0.15, 0.2) is 0 Å². The maximum Gasteiger partial charge on any atom is 0.227 e. The van der Waals surface area contributed by atoms with E-state index in [0.717, 1.165) is 44.5 Å². The highest BCUT2D eigenvalue weighted by molar-refractivity contribution is 6.08. The molecular weight excluding hydrogens is 562 g/mol. The van der Waals surface area contributed by atoms with Crippen molar-refractivity contribution in [3.8, 4) is 22.5 Å². The van der Waals surface area contributed by atoms with E-state index in [1.54, 1.807) is 0 Å². The van der Waals surface area contributed by atoms with Gasteiger partial charge >= 0.3 is 0 Å². The third-order valence-electron chi connectivity index (χ3n) is 9.36. The second kappa shape index (κ2) is 11.0. The van der Waals surface area contributed by atoms with E-state index in [-0.39, 0.29) is 0 Å². The number of rotatable bonds is 6. The molecule has 0 radical (unpaired) electrons. The summed E-state index contributed by atoms with van der Waals surface area (Å²) in [5.74, 6) is 1.60. The zero-order valence-electron chi connectivity index (χ0n) is 27.0. The van der Waals surface area contributed by atoms with Gasteiger partial charge in [-0.3, -0.25) is 0 Å². The van der Waals surface area contributed by atoms with Crippen molar-refractivity contribution in [3.05, 3.63) is 132 Å². The van der Waals surface area contributed by atoms with E-state index in [0.29, 0.717) is 24.1 Å². The summed E-state index contributed by atoms with van der Waals surface area (Å²) in [7, 11) is 0. The molecule has 8 rings (SSSR count). The molecule has 0 atom stereocenters. The lowest BCUT2D eigenvalue weighted by atomic mass is 9.85. The number of nitrogens with zero attached hydrogens (tertiary/aromatic N) is 3. The molecular formula is C42H37N3O. The fourth-order valence-corrected chi connectivity index (χ4v) is 7.01. The first-order valence-electron chi connectivity index (χ1n) is 16.3. The van der Waals surface area contributed by atoms with Crippen LogP contribution in [0.4, 0.5) is 0 Å². The van der Waals surface area contributed by atoms with Crippen molar-refractivity contribution in [2.75, 3.05) is 0 Å². The van der Waals surface area contributed by atoms with Gasteiger partial charge in [0.25, 0.3) is 0 Å². The lowest BCUT2D eigenvalue weighted by Gasteiger charge is -2.23. The molecule has 226 valence electrons. The summed E-state index contributed by atoms with van der Waals surface area (Å²) >= 11 is 0. The van der Waals surface area contributed by atoms with E-state index in [1.807, 2.05) is 13.0 Å². The fraction of sp³-hybridized carbons (Fsp3) is 0.190. The van der Waals surface area contributed by atoms with E-state index in [1.165, 1.54) is 38.6 Å². The van der Waals surface area contributed by atoms with E-state index in [4.69, 9.17) is 14.4 Å². The Hall–Kier alpha value is -5.22. The van der Waals surface area contributed by atoms with Gasteiger partial charge in [0.1, 0.15) is 11.4 Å². The quantitative estimate of drug-likeness (QED) is 0.191. The van der Waals surface area contributed by atoms with Gasteiger partial charge in [0.05, 0.1) is 23.1 Å². The van der Waals surface area contributed by atoms with E-state index < -0.39 is 0 Å². The summed E-state index contributed by atoms with van der Waals surface area (Å²) in [4.78, 5) is 9.94. The van der Waals surface area contributed by atoms with Crippen LogP contribution >= 0.6 is 0 Å². The zero-order valence-corrected chi connectivity index (χ0v) is 27.0. The monoisotopic (exact) mass is 599 g/mol. The third kappa shape index (κ3) is 4.68. The zero-order chi connectivity index (χ0) is 31.5. The first-order chi connectivity index (χ1) is 22.4. The number of hydrogen-bond donors (Lipinski definition) is 0. The smallest absolute Gasteiger partial charge is 0.227 e. The van der Waals surface area contributed by atoms with Gasteiger partial charge < -0.3 is 8.98 Å². The maximum atomic E-state index is 6.47. The Morgan fingerprint density at radius 2 is 1.39 bits per heavy atom. The van der Waals surface area contributed by atoms with Gasteiger partial charge in [-0.25, -0.2) is 9.97 Å². The molecule has 0 saturated carbocycles. The lowest BCUT2D eigenvalue weighted by molar-refractivity contribution is 0.652. The molecule has 0 spiro atoms. The maximum absolute atomic E-state index is 6.47. The van der Waals surface area contributed by atoms with Crippen molar-refractivity contribution in [1.82, 2.24) is 14.5 Å². The molecule has 46 heavy (non-hydrogen) atoms. The second-order valence-corrected chi connectivity index (χ2v) is 13.1. The minimum Gasteiger partial charge on any atom is -0.437 e. The minimum atomic E-state index is 0.347. The summed E-state index contributed by atoms with van der Waals surface area (Å²) in [6.45, 7) is 11.9. The van der Waals surface area contributed by atoms with E-state index in [2.05, 4.69) is 135 Å². The molecule has 0 N–H and O–H groups in total. The molecule has 3 aromatic heterocycles. The van der Waals surface area contributed by atoms with Crippen LogP contribution in [0.1, 0.15) is 61.9 Å². The average Bonchev–Trinajstić information content (AvgIpc) is 3.62. The number of pyridine rings is 1. The molecule has 0 amide bonds. The number of fused-ring (bicyclic) bond motifs is 5. The van der Waals surface area contributed by atoms with Crippen molar-refractivity contribution in [1.29, 1.82) is 0 Å². The highest BCUT2D eigenvalue weighted by atomic mass is 16.3. The Morgan fingerprint density at radius 1 is 0.652 bits per heavy atom. The Labute approximate surface area is 269 Å². The van der Waals surface area contributed by atoms with Crippen LogP contribution in [0.25, 0.3) is 66.4 Å². The van der Waals surface area contributed by atoms with Crippen molar-refractivity contribution >= 4 is 43.9 Å². The molecule has 5 aromatic carbocycles. The van der Waals surface area contributed by atoms with Crippen LogP contribution in [0, 0.1) is 6.92 Å². The van der Waals surface area contributed by atoms with Crippen molar-refractivity contribution in [2.24, 2.45) is 0 Å². The number of benzene rings is 5. The number of imidazole rings is 1. The first-order valence-corrected chi connectivity index (χ1v) is 16.3. The van der Waals surface area contributed by atoms with Crippen LogP contribution in [0.5, 0.6) is 0 Å². The largest absolute Gasteiger partial charge is 0.437 e. The van der Waals surface area contributed by atoms with E-state index >= 15 is 0 Å². The Balaban J connectivity index is 1.33. The number of para-hydroxylation sites is 3. The fourth-order valence-electron chi connectivity index (χ4n) is 7.01. The highest BCUT2D eigenvalue weighted by Crippen LogP contribution is 2.39. The molecule has 0 bridgehead atoms. The first kappa shape index (κ1) is 28.3. The summed E-state index contributed by atoms with van der Waals surface area (Å²) < 4.78 is 8.86. The molecule has 4 nitrogen and oxygen atoms in total. The predicted molar refractivity (Wildman–Crippen MR) is 192 cm³/mol. The average molecular weight is 600 g/mol. The van der Waals surface area contributed by atoms with Gasteiger partial charge in [-0.1, -0.05) is 100 Å². The lowest BCUT2D eigenvalue weighted by Crippen LogP contribution is -2.11. The summed E-state index contributed by atoms with van der Waals surface area (Å²) in [5, 5.41) is 4.62. The van der Waals surface area contributed by atoms with Crippen LogP contribution in [0.15, 0.2) is 114 Å². The van der Waals surface area contributed by atoms with Crippen molar-refractivity contribution in [3.63, 3.8) is 0 Å². The van der Waals surface area contributed by atoms with Gasteiger partial charge in [0.2, 0.25) is 5.71 Å². The van der Waals surface area contributed by atoms with Crippen LogP contribution in [-0.2, 0) is 6.54 Å². The number of aryl methyl sites for hydroxylation is 1. The molecule has 4 heteroatoms. The standard InChI is InChI=1S/C42H37N3O/c1-25(2)35-22-31(30-19-18-28-11-6-7-12-29(28)21-30)23-36(26(3)4)37(35)24-45-39-16-9-8-15-38(39)44-41(45)34-14-10-13-32-33-20-17-27(5)43-42(33)46-40(32)34/h6-23,25-26H,24H2,1-5H3. The van der Waals surface area contributed by atoms with Crippen molar-refractivity contribution < 1.29 is 4.42 Å². The summed E-state index contributed by atoms with van der Waals surface area (Å²) in [6.07, 6.45) is 0. The van der Waals surface area contributed by atoms with Crippen molar-refractivity contribution in [2.45, 2.75) is 53.0 Å². The molecule has 0 aliphatic carbocycles.